The van der Waals surface area contributed by atoms with Crippen LogP contribution in [0.3, 0.4) is 0 Å². The smallest absolute Gasteiger partial charge is 0.153 e. The third kappa shape index (κ3) is 3.02. The van der Waals surface area contributed by atoms with E-state index in [2.05, 4.69) is 33.5 Å². The highest BCUT2D eigenvalue weighted by molar-refractivity contribution is 6.31. The first-order valence-corrected chi connectivity index (χ1v) is 7.54. The molecule has 3 rings (SSSR count). The summed E-state index contributed by atoms with van der Waals surface area (Å²) in [6.45, 7) is 3.59. The van der Waals surface area contributed by atoms with Gasteiger partial charge in [0.15, 0.2) is 5.82 Å². The maximum absolute atomic E-state index is 6.27. The SMILES string of the molecule is CCc1cccc(Cl)c1CNCc1nc(C2CC2)n[nH]1. The van der Waals surface area contributed by atoms with Gasteiger partial charge in [-0.3, -0.25) is 5.10 Å². The summed E-state index contributed by atoms with van der Waals surface area (Å²) in [4.78, 5) is 4.51. The van der Waals surface area contributed by atoms with E-state index < -0.39 is 0 Å². The van der Waals surface area contributed by atoms with Crippen LogP contribution in [-0.2, 0) is 19.5 Å². The third-order valence-electron chi connectivity index (χ3n) is 3.68. The first-order valence-electron chi connectivity index (χ1n) is 7.16. The molecular weight excluding hydrogens is 272 g/mol. The van der Waals surface area contributed by atoms with E-state index in [1.807, 2.05) is 12.1 Å². The van der Waals surface area contributed by atoms with Crippen LogP contribution in [0, 0.1) is 0 Å². The van der Waals surface area contributed by atoms with Crippen LogP contribution in [0.15, 0.2) is 18.2 Å². The van der Waals surface area contributed by atoms with Crippen molar-refractivity contribution in [3.05, 3.63) is 46.0 Å². The lowest BCUT2D eigenvalue weighted by Crippen LogP contribution is -2.15. The lowest BCUT2D eigenvalue weighted by molar-refractivity contribution is 0.661. The minimum atomic E-state index is 0.593. The minimum absolute atomic E-state index is 0.593. The number of aromatic amines is 1. The lowest BCUT2D eigenvalue weighted by atomic mass is 10.1. The van der Waals surface area contributed by atoms with Crippen LogP contribution < -0.4 is 5.32 Å². The van der Waals surface area contributed by atoms with Crippen LogP contribution in [0.1, 0.15) is 48.5 Å². The van der Waals surface area contributed by atoms with Crippen molar-refractivity contribution in [3.63, 3.8) is 0 Å². The number of halogens is 1. The summed E-state index contributed by atoms with van der Waals surface area (Å²) in [5.74, 6) is 2.46. The number of rotatable bonds is 6. The van der Waals surface area contributed by atoms with Crippen molar-refractivity contribution in [1.29, 1.82) is 0 Å². The Morgan fingerprint density at radius 2 is 2.20 bits per heavy atom. The molecule has 0 aliphatic heterocycles. The molecule has 1 aliphatic carbocycles. The molecular formula is C15H19ClN4. The van der Waals surface area contributed by atoms with Crippen LogP contribution in [0.2, 0.25) is 5.02 Å². The molecule has 2 aromatic rings. The Morgan fingerprint density at radius 3 is 2.95 bits per heavy atom. The summed E-state index contributed by atoms with van der Waals surface area (Å²) in [7, 11) is 0. The maximum Gasteiger partial charge on any atom is 0.153 e. The molecule has 5 heteroatoms. The highest BCUT2D eigenvalue weighted by Gasteiger charge is 2.27. The second-order valence-corrected chi connectivity index (χ2v) is 5.66. The molecule has 1 fully saturated rings. The molecule has 1 aliphatic rings. The predicted octanol–water partition coefficient (Wildman–Crippen LogP) is 3.19. The number of aromatic nitrogens is 3. The molecule has 0 bridgehead atoms. The number of nitrogens with one attached hydrogen (secondary N) is 2. The van der Waals surface area contributed by atoms with Gasteiger partial charge in [0.25, 0.3) is 0 Å². The minimum Gasteiger partial charge on any atom is -0.306 e. The molecule has 106 valence electrons. The zero-order valence-electron chi connectivity index (χ0n) is 11.6. The van der Waals surface area contributed by atoms with E-state index in [0.29, 0.717) is 12.5 Å². The summed E-state index contributed by atoms with van der Waals surface area (Å²) in [5.41, 5.74) is 2.47. The van der Waals surface area contributed by atoms with Gasteiger partial charge >= 0.3 is 0 Å². The van der Waals surface area contributed by atoms with Crippen molar-refractivity contribution >= 4 is 11.6 Å². The molecule has 0 amide bonds. The Balaban J connectivity index is 1.59. The summed E-state index contributed by atoms with van der Waals surface area (Å²) in [6, 6.07) is 6.07. The summed E-state index contributed by atoms with van der Waals surface area (Å²) in [6.07, 6.45) is 3.44. The highest BCUT2D eigenvalue weighted by atomic mass is 35.5. The standard InChI is InChI=1S/C15H19ClN4/c1-2-10-4-3-5-13(16)12(10)8-17-9-14-18-15(20-19-14)11-6-7-11/h3-5,11,17H,2,6-9H2,1H3,(H,18,19,20). The van der Waals surface area contributed by atoms with Gasteiger partial charge < -0.3 is 5.32 Å². The van der Waals surface area contributed by atoms with Gasteiger partial charge in [-0.05, 0) is 36.5 Å². The van der Waals surface area contributed by atoms with E-state index in [4.69, 9.17) is 11.6 Å². The molecule has 4 nitrogen and oxygen atoms in total. The first-order chi connectivity index (χ1) is 9.78. The fourth-order valence-corrected chi connectivity index (χ4v) is 2.61. The molecule has 1 saturated carbocycles. The van der Waals surface area contributed by atoms with Crippen LogP contribution in [0.25, 0.3) is 0 Å². The fourth-order valence-electron chi connectivity index (χ4n) is 2.35. The molecule has 1 heterocycles. The number of nitrogens with zero attached hydrogens (tertiary/aromatic N) is 2. The molecule has 0 spiro atoms. The number of aryl methyl sites for hydroxylation is 1. The van der Waals surface area contributed by atoms with Crippen LogP contribution in [-0.4, -0.2) is 15.2 Å². The maximum atomic E-state index is 6.27. The number of hydrogen-bond donors (Lipinski definition) is 2. The van der Waals surface area contributed by atoms with Crippen molar-refractivity contribution in [1.82, 2.24) is 20.5 Å². The third-order valence-corrected chi connectivity index (χ3v) is 4.04. The fraction of sp³-hybridized carbons (Fsp3) is 0.467. The number of benzene rings is 1. The van der Waals surface area contributed by atoms with Crippen LogP contribution in [0.5, 0.6) is 0 Å². The van der Waals surface area contributed by atoms with Gasteiger partial charge in [-0.25, -0.2) is 4.98 Å². The monoisotopic (exact) mass is 290 g/mol. The number of H-pyrrole nitrogens is 1. The van der Waals surface area contributed by atoms with E-state index in [-0.39, 0.29) is 0 Å². The van der Waals surface area contributed by atoms with Crippen molar-refractivity contribution < 1.29 is 0 Å². The molecule has 1 aromatic carbocycles. The molecule has 0 unspecified atom stereocenters. The molecule has 0 atom stereocenters. The van der Waals surface area contributed by atoms with Gasteiger partial charge in [0.05, 0.1) is 6.54 Å². The Morgan fingerprint density at radius 1 is 1.35 bits per heavy atom. The Bertz CT molecular complexity index is 589. The second kappa shape index (κ2) is 5.94. The van der Waals surface area contributed by atoms with Gasteiger partial charge in [-0.2, -0.15) is 5.10 Å². The average molecular weight is 291 g/mol. The van der Waals surface area contributed by atoms with Crippen LogP contribution >= 0.6 is 11.6 Å². The van der Waals surface area contributed by atoms with Crippen LogP contribution in [0.4, 0.5) is 0 Å². The summed E-state index contributed by atoms with van der Waals surface area (Å²) >= 11 is 6.27. The Labute approximate surface area is 124 Å². The second-order valence-electron chi connectivity index (χ2n) is 5.25. The van der Waals surface area contributed by atoms with E-state index in [0.717, 1.165) is 29.6 Å². The largest absolute Gasteiger partial charge is 0.306 e. The molecule has 2 N–H and O–H groups in total. The quantitative estimate of drug-likeness (QED) is 0.859. The lowest BCUT2D eigenvalue weighted by Gasteiger charge is -2.10. The van der Waals surface area contributed by atoms with E-state index in [1.54, 1.807) is 0 Å². The molecule has 20 heavy (non-hydrogen) atoms. The molecule has 1 aromatic heterocycles. The molecule has 0 radical (unpaired) electrons. The molecule has 0 saturated heterocycles. The summed E-state index contributed by atoms with van der Waals surface area (Å²) in [5, 5.41) is 11.5. The highest BCUT2D eigenvalue weighted by Crippen LogP contribution is 2.37. The van der Waals surface area contributed by atoms with Gasteiger partial charge in [-0.15, -0.1) is 0 Å². The van der Waals surface area contributed by atoms with Crippen molar-refractivity contribution in [2.75, 3.05) is 0 Å². The van der Waals surface area contributed by atoms with Gasteiger partial charge in [0.1, 0.15) is 5.82 Å². The van der Waals surface area contributed by atoms with Gasteiger partial charge in [0.2, 0.25) is 0 Å². The predicted molar refractivity (Wildman–Crippen MR) is 79.7 cm³/mol. The average Bonchev–Trinajstić information content (AvgIpc) is 3.20. The topological polar surface area (TPSA) is 53.6 Å². The zero-order chi connectivity index (χ0) is 13.9. The van der Waals surface area contributed by atoms with Gasteiger partial charge in [0, 0.05) is 17.5 Å². The van der Waals surface area contributed by atoms with E-state index in [9.17, 15) is 0 Å². The normalized spacial score (nSPS) is 14.7. The van der Waals surface area contributed by atoms with E-state index >= 15 is 0 Å². The van der Waals surface area contributed by atoms with Crippen molar-refractivity contribution in [3.8, 4) is 0 Å². The Hall–Kier alpha value is -1.39. The summed E-state index contributed by atoms with van der Waals surface area (Å²) < 4.78 is 0. The van der Waals surface area contributed by atoms with Crippen molar-refractivity contribution in [2.24, 2.45) is 0 Å². The Kier molecular flexibility index (Phi) is 4.03. The van der Waals surface area contributed by atoms with Gasteiger partial charge in [-0.1, -0.05) is 30.7 Å². The number of hydrogen-bond acceptors (Lipinski definition) is 3. The zero-order valence-corrected chi connectivity index (χ0v) is 12.4. The first kappa shape index (κ1) is 13.6. The van der Waals surface area contributed by atoms with Crippen molar-refractivity contribution in [2.45, 2.75) is 45.2 Å². The van der Waals surface area contributed by atoms with E-state index in [1.165, 1.54) is 24.0 Å².